The third-order valence-electron chi connectivity index (χ3n) is 2.34. The molecule has 4 nitrogen and oxygen atoms in total. The lowest BCUT2D eigenvalue weighted by atomic mass is 9.79. The number of hydrogen-bond donors (Lipinski definition) is 2. The van der Waals surface area contributed by atoms with Crippen LogP contribution in [-0.4, -0.2) is 22.7 Å². The maximum absolute atomic E-state index is 11.4. The smallest absolute Gasteiger partial charge is 0.407 e. The van der Waals surface area contributed by atoms with Gasteiger partial charge in [0.05, 0.1) is 4.99 Å². The van der Waals surface area contributed by atoms with Crippen molar-refractivity contribution in [1.29, 1.82) is 0 Å². The van der Waals surface area contributed by atoms with Crippen molar-refractivity contribution in [3.05, 3.63) is 0 Å². The van der Waals surface area contributed by atoms with Gasteiger partial charge in [-0.25, -0.2) is 4.79 Å². The molecule has 2 atom stereocenters. The predicted octanol–water partition coefficient (Wildman–Crippen LogP) is 1.58. The van der Waals surface area contributed by atoms with Crippen LogP contribution in [0.5, 0.6) is 0 Å². The third-order valence-corrected chi connectivity index (χ3v) is 2.64. The molecule has 86 valence electrons. The summed E-state index contributed by atoms with van der Waals surface area (Å²) in [6, 6.07) is 0.0531. The summed E-state index contributed by atoms with van der Waals surface area (Å²) < 4.78 is 5.14. The Bertz CT molecular complexity index is 273. The van der Waals surface area contributed by atoms with Gasteiger partial charge in [0, 0.05) is 12.0 Å². The van der Waals surface area contributed by atoms with E-state index in [0.29, 0.717) is 4.99 Å². The van der Waals surface area contributed by atoms with Crippen LogP contribution in [0, 0.1) is 5.92 Å². The topological polar surface area (TPSA) is 64.3 Å². The Morgan fingerprint density at radius 3 is 2.40 bits per heavy atom. The molecule has 5 heteroatoms. The molecule has 0 unspecified atom stereocenters. The van der Waals surface area contributed by atoms with Crippen LogP contribution in [-0.2, 0) is 4.74 Å². The first-order valence-electron chi connectivity index (χ1n) is 5.08. The maximum atomic E-state index is 11.4. The number of thiocarbonyl (C=S) groups is 1. The first kappa shape index (κ1) is 12.2. The highest BCUT2D eigenvalue weighted by molar-refractivity contribution is 7.80. The van der Waals surface area contributed by atoms with E-state index in [1.54, 1.807) is 0 Å². The highest BCUT2D eigenvalue weighted by atomic mass is 32.1. The molecule has 0 saturated heterocycles. The molecule has 1 aliphatic carbocycles. The number of carbonyl (C=O) groups is 1. The van der Waals surface area contributed by atoms with Crippen LogP contribution in [0.1, 0.15) is 33.6 Å². The van der Waals surface area contributed by atoms with Crippen molar-refractivity contribution in [3.63, 3.8) is 0 Å². The van der Waals surface area contributed by atoms with Crippen LogP contribution < -0.4 is 11.1 Å². The van der Waals surface area contributed by atoms with Crippen LogP contribution in [0.15, 0.2) is 0 Å². The van der Waals surface area contributed by atoms with Crippen molar-refractivity contribution in [2.75, 3.05) is 0 Å². The molecule has 1 fully saturated rings. The van der Waals surface area contributed by atoms with Crippen molar-refractivity contribution < 1.29 is 9.53 Å². The summed E-state index contributed by atoms with van der Waals surface area (Å²) in [5, 5.41) is 2.78. The Morgan fingerprint density at radius 2 is 2.07 bits per heavy atom. The number of nitrogens with one attached hydrogen (secondary N) is 1. The molecule has 1 saturated carbocycles. The summed E-state index contributed by atoms with van der Waals surface area (Å²) in [5.41, 5.74) is 5.06. The molecular formula is C10H18N2O2S. The number of ether oxygens (including phenoxy) is 1. The minimum Gasteiger partial charge on any atom is -0.444 e. The average molecular weight is 230 g/mol. The normalized spacial score (nSPS) is 25.3. The molecular weight excluding hydrogens is 212 g/mol. The molecule has 0 spiro atoms. The number of nitrogens with two attached hydrogens (primary N) is 1. The fourth-order valence-corrected chi connectivity index (χ4v) is 1.75. The lowest BCUT2D eigenvalue weighted by Gasteiger charge is -2.36. The number of alkyl carbamates (subject to hydrolysis) is 1. The second-order valence-corrected chi connectivity index (χ2v) is 5.31. The third kappa shape index (κ3) is 3.66. The lowest BCUT2D eigenvalue weighted by Crippen LogP contribution is -2.52. The van der Waals surface area contributed by atoms with Gasteiger partial charge < -0.3 is 15.8 Å². The molecule has 1 rings (SSSR count). The Hall–Kier alpha value is -0.840. The quantitative estimate of drug-likeness (QED) is 0.707. The first-order valence-corrected chi connectivity index (χ1v) is 5.49. The second kappa shape index (κ2) is 4.35. The van der Waals surface area contributed by atoms with Crippen molar-refractivity contribution >= 4 is 23.3 Å². The van der Waals surface area contributed by atoms with E-state index in [0.717, 1.165) is 12.8 Å². The monoisotopic (exact) mass is 230 g/mol. The molecule has 0 heterocycles. The van der Waals surface area contributed by atoms with E-state index < -0.39 is 11.7 Å². The van der Waals surface area contributed by atoms with Gasteiger partial charge in [0.2, 0.25) is 0 Å². The van der Waals surface area contributed by atoms with Crippen molar-refractivity contribution in [1.82, 2.24) is 5.32 Å². The molecule has 0 radical (unpaired) electrons. The number of carbonyl (C=O) groups excluding carboxylic acids is 1. The van der Waals surface area contributed by atoms with Gasteiger partial charge in [0.25, 0.3) is 0 Å². The Kier molecular flexibility index (Phi) is 3.54. The summed E-state index contributed by atoms with van der Waals surface area (Å²) in [5.74, 6) is 0.132. The number of rotatable bonds is 2. The number of hydrogen-bond acceptors (Lipinski definition) is 3. The fraction of sp³-hybridized carbons (Fsp3) is 0.800. The van der Waals surface area contributed by atoms with E-state index in [-0.39, 0.29) is 12.0 Å². The van der Waals surface area contributed by atoms with Gasteiger partial charge in [0.1, 0.15) is 5.60 Å². The molecule has 1 amide bonds. The molecule has 0 bridgehead atoms. The van der Waals surface area contributed by atoms with Crippen molar-refractivity contribution in [2.45, 2.75) is 45.3 Å². The van der Waals surface area contributed by atoms with Crippen LogP contribution in [0.4, 0.5) is 4.79 Å². The predicted molar refractivity (Wildman–Crippen MR) is 62.7 cm³/mol. The van der Waals surface area contributed by atoms with E-state index in [1.165, 1.54) is 0 Å². The van der Waals surface area contributed by atoms with Gasteiger partial charge in [-0.15, -0.1) is 0 Å². The van der Waals surface area contributed by atoms with Gasteiger partial charge in [-0.05, 0) is 33.6 Å². The van der Waals surface area contributed by atoms with E-state index in [4.69, 9.17) is 22.7 Å². The van der Waals surface area contributed by atoms with Crippen LogP contribution >= 0.6 is 12.2 Å². The summed E-state index contributed by atoms with van der Waals surface area (Å²) in [6.45, 7) is 5.50. The molecule has 0 aromatic carbocycles. The van der Waals surface area contributed by atoms with Gasteiger partial charge in [-0.3, -0.25) is 0 Å². The molecule has 0 aromatic rings. The standard InChI is InChI=1S/C10H18N2O2S/c1-10(2,3)14-9(13)12-7-5-4-6(7)8(11)15/h6-7H,4-5H2,1-3H3,(H2,11,15)(H,12,13)/t6-,7-/m1/s1. The average Bonchev–Trinajstić information content (AvgIpc) is 1.93. The van der Waals surface area contributed by atoms with Gasteiger partial charge in [0.15, 0.2) is 0 Å². The highest BCUT2D eigenvalue weighted by Crippen LogP contribution is 2.27. The summed E-state index contributed by atoms with van der Waals surface area (Å²) in [7, 11) is 0. The Balaban J connectivity index is 2.36. The highest BCUT2D eigenvalue weighted by Gasteiger charge is 2.35. The van der Waals surface area contributed by atoms with Crippen molar-refractivity contribution in [2.24, 2.45) is 11.7 Å². The summed E-state index contributed by atoms with van der Waals surface area (Å²) in [6.07, 6.45) is 1.48. The van der Waals surface area contributed by atoms with Gasteiger partial charge >= 0.3 is 6.09 Å². The first-order chi connectivity index (χ1) is 6.79. The zero-order valence-electron chi connectivity index (χ0n) is 9.37. The Morgan fingerprint density at radius 1 is 1.47 bits per heavy atom. The molecule has 0 aliphatic heterocycles. The minimum absolute atomic E-state index is 0.0531. The van der Waals surface area contributed by atoms with E-state index >= 15 is 0 Å². The van der Waals surface area contributed by atoms with Gasteiger partial charge in [-0.1, -0.05) is 12.2 Å². The van der Waals surface area contributed by atoms with E-state index in [1.807, 2.05) is 20.8 Å². The van der Waals surface area contributed by atoms with Crippen LogP contribution in [0.25, 0.3) is 0 Å². The van der Waals surface area contributed by atoms with Gasteiger partial charge in [-0.2, -0.15) is 0 Å². The fourth-order valence-electron chi connectivity index (χ4n) is 1.47. The zero-order chi connectivity index (χ0) is 11.6. The molecule has 3 N–H and O–H groups in total. The summed E-state index contributed by atoms with van der Waals surface area (Å²) >= 11 is 4.89. The molecule has 0 aromatic heterocycles. The van der Waals surface area contributed by atoms with Crippen molar-refractivity contribution in [3.8, 4) is 0 Å². The Labute approximate surface area is 95.5 Å². The van der Waals surface area contributed by atoms with E-state index in [2.05, 4.69) is 5.32 Å². The SMILES string of the molecule is CC(C)(C)OC(=O)N[C@@H]1CC[C@H]1C(N)=S. The second-order valence-electron chi connectivity index (χ2n) is 4.84. The van der Waals surface area contributed by atoms with E-state index in [9.17, 15) is 4.79 Å². The van der Waals surface area contributed by atoms with Crippen LogP contribution in [0.2, 0.25) is 0 Å². The molecule has 15 heavy (non-hydrogen) atoms. The van der Waals surface area contributed by atoms with Crippen LogP contribution in [0.3, 0.4) is 0 Å². The largest absolute Gasteiger partial charge is 0.444 e. The summed E-state index contributed by atoms with van der Waals surface area (Å²) in [4.78, 5) is 11.9. The minimum atomic E-state index is -0.466. The maximum Gasteiger partial charge on any atom is 0.407 e. The number of amides is 1. The lowest BCUT2D eigenvalue weighted by molar-refractivity contribution is 0.0463. The zero-order valence-corrected chi connectivity index (χ0v) is 10.2. The molecule has 1 aliphatic rings.